The number of aryl methyl sites for hydroxylation is 2. The number of esters is 2. The molecule has 2 aromatic rings. The van der Waals surface area contributed by atoms with E-state index >= 15 is 0 Å². The Hall–Kier alpha value is -2.67. The first kappa shape index (κ1) is 26.9. The Kier molecular flexibility index (Phi) is 9.11. The van der Waals surface area contributed by atoms with Crippen molar-refractivity contribution in [2.75, 3.05) is 11.9 Å². The Labute approximate surface area is 215 Å². The van der Waals surface area contributed by atoms with Crippen LogP contribution >= 0.6 is 15.9 Å². The van der Waals surface area contributed by atoms with Crippen LogP contribution in [0.3, 0.4) is 0 Å². The molecule has 7 heteroatoms. The summed E-state index contributed by atoms with van der Waals surface area (Å²) in [7, 11) is 0. The Balaban J connectivity index is 1.65. The summed E-state index contributed by atoms with van der Waals surface area (Å²) in [6, 6.07) is 10.2. The van der Waals surface area contributed by atoms with Crippen LogP contribution in [0.25, 0.3) is 0 Å². The highest BCUT2D eigenvalue weighted by Gasteiger charge is 2.34. The largest absolute Gasteiger partial charge is 0.458 e. The first-order valence-corrected chi connectivity index (χ1v) is 12.9. The molecule has 1 N–H and O–H groups in total. The molecule has 6 nitrogen and oxygen atoms in total. The van der Waals surface area contributed by atoms with Gasteiger partial charge in [-0.3, -0.25) is 4.79 Å². The Morgan fingerprint density at radius 3 is 2.34 bits per heavy atom. The zero-order chi connectivity index (χ0) is 25.7. The molecule has 3 rings (SSSR count). The van der Waals surface area contributed by atoms with E-state index in [1.165, 1.54) is 6.07 Å². The second kappa shape index (κ2) is 11.8. The van der Waals surface area contributed by atoms with E-state index in [9.17, 15) is 14.4 Å². The van der Waals surface area contributed by atoms with Crippen LogP contribution in [0.4, 0.5) is 5.69 Å². The molecule has 0 radical (unpaired) electrons. The van der Waals surface area contributed by atoms with Crippen molar-refractivity contribution in [2.45, 2.75) is 60.0 Å². The number of carbonyl (C=O) groups excluding carboxylic acids is 3. The van der Waals surface area contributed by atoms with Crippen molar-refractivity contribution in [2.24, 2.45) is 17.8 Å². The van der Waals surface area contributed by atoms with Crippen molar-refractivity contribution in [1.29, 1.82) is 0 Å². The van der Waals surface area contributed by atoms with Gasteiger partial charge >= 0.3 is 11.9 Å². The molecular formula is C28H34BrNO5. The Bertz CT molecular complexity index is 1100. The number of hydrogen-bond acceptors (Lipinski definition) is 5. The molecule has 0 saturated heterocycles. The second-order valence-corrected chi connectivity index (χ2v) is 10.7. The van der Waals surface area contributed by atoms with Gasteiger partial charge in [-0.05, 0) is 79.8 Å². The number of benzene rings is 2. The molecule has 3 atom stereocenters. The minimum absolute atomic E-state index is 0.0888. The van der Waals surface area contributed by atoms with Crippen LogP contribution in [-0.2, 0) is 14.3 Å². The summed E-state index contributed by atoms with van der Waals surface area (Å²) in [4.78, 5) is 38.3. The molecule has 188 valence electrons. The third-order valence-corrected chi connectivity index (χ3v) is 7.56. The topological polar surface area (TPSA) is 81.7 Å². The van der Waals surface area contributed by atoms with Gasteiger partial charge in [0.25, 0.3) is 5.91 Å². The maximum absolute atomic E-state index is 13.1. The molecule has 0 heterocycles. The van der Waals surface area contributed by atoms with Gasteiger partial charge in [-0.25, -0.2) is 9.59 Å². The SMILES string of the molecule is Cc1cc(NC(=O)COC(=O)c2ccccc2C(=O)O[C@@H]2C[C@H](C)CC[C@@H]2C(C)C)c(C)cc1Br. The predicted molar refractivity (Wildman–Crippen MR) is 140 cm³/mol. The number of anilines is 1. The number of hydrogen-bond donors (Lipinski definition) is 1. The summed E-state index contributed by atoms with van der Waals surface area (Å²) in [5.41, 5.74) is 2.75. The monoisotopic (exact) mass is 543 g/mol. The molecule has 1 aliphatic rings. The van der Waals surface area contributed by atoms with Crippen LogP contribution in [0.1, 0.15) is 71.9 Å². The van der Waals surface area contributed by atoms with Crippen molar-refractivity contribution in [3.05, 3.63) is 63.1 Å². The molecule has 1 fully saturated rings. The average molecular weight is 544 g/mol. The summed E-state index contributed by atoms with van der Waals surface area (Å²) < 4.78 is 12.1. The second-order valence-electron chi connectivity index (χ2n) is 9.86. The minimum atomic E-state index is -0.742. The normalized spacial score (nSPS) is 19.8. The maximum atomic E-state index is 13.1. The van der Waals surface area contributed by atoms with E-state index in [1.54, 1.807) is 18.2 Å². The summed E-state index contributed by atoms with van der Waals surface area (Å²) in [5, 5.41) is 2.77. The van der Waals surface area contributed by atoms with Crippen LogP contribution < -0.4 is 5.32 Å². The zero-order valence-electron chi connectivity index (χ0n) is 21.0. The summed E-state index contributed by atoms with van der Waals surface area (Å²) in [5.74, 6) is -0.554. The highest BCUT2D eigenvalue weighted by Crippen LogP contribution is 2.36. The van der Waals surface area contributed by atoms with Gasteiger partial charge in [-0.15, -0.1) is 0 Å². The number of rotatable bonds is 7. The van der Waals surface area contributed by atoms with Gasteiger partial charge in [-0.2, -0.15) is 0 Å². The van der Waals surface area contributed by atoms with Crippen molar-refractivity contribution in [1.82, 2.24) is 0 Å². The van der Waals surface area contributed by atoms with Crippen molar-refractivity contribution in [3.8, 4) is 0 Å². The lowest BCUT2D eigenvalue weighted by Gasteiger charge is -2.36. The lowest BCUT2D eigenvalue weighted by molar-refractivity contribution is -0.119. The van der Waals surface area contributed by atoms with Crippen LogP contribution in [0.2, 0.25) is 0 Å². The van der Waals surface area contributed by atoms with Gasteiger partial charge in [0.1, 0.15) is 6.10 Å². The molecule has 0 spiro atoms. The Morgan fingerprint density at radius 1 is 1.03 bits per heavy atom. The highest BCUT2D eigenvalue weighted by atomic mass is 79.9. The fourth-order valence-electron chi connectivity index (χ4n) is 4.60. The first-order valence-electron chi connectivity index (χ1n) is 12.1. The van der Waals surface area contributed by atoms with Gasteiger partial charge in [0.05, 0.1) is 11.1 Å². The van der Waals surface area contributed by atoms with E-state index in [1.807, 2.05) is 26.0 Å². The zero-order valence-corrected chi connectivity index (χ0v) is 22.6. The van der Waals surface area contributed by atoms with E-state index < -0.39 is 24.5 Å². The van der Waals surface area contributed by atoms with E-state index in [2.05, 4.69) is 42.0 Å². The van der Waals surface area contributed by atoms with Gasteiger partial charge in [0.2, 0.25) is 0 Å². The molecule has 0 aromatic heterocycles. The highest BCUT2D eigenvalue weighted by molar-refractivity contribution is 9.10. The van der Waals surface area contributed by atoms with Crippen molar-refractivity contribution in [3.63, 3.8) is 0 Å². The van der Waals surface area contributed by atoms with E-state index in [-0.39, 0.29) is 17.2 Å². The summed E-state index contributed by atoms with van der Waals surface area (Å²) >= 11 is 3.46. The molecular weight excluding hydrogens is 510 g/mol. The molecule has 2 aromatic carbocycles. The fourth-order valence-corrected chi connectivity index (χ4v) is 5.06. The van der Waals surface area contributed by atoms with Gasteiger partial charge in [0, 0.05) is 10.2 Å². The molecule has 0 aliphatic heterocycles. The molecule has 1 amide bonds. The standard InChI is InChI=1S/C28H34BrNO5/c1-16(2)20-11-10-17(3)12-25(20)35-28(33)22-9-7-6-8-21(22)27(32)34-15-26(31)30-24-14-18(4)23(29)13-19(24)5/h6-9,13-14,16-17,20,25H,10-12,15H2,1-5H3,(H,30,31)/t17-,20-,25-/m1/s1. The number of halogens is 1. The van der Waals surface area contributed by atoms with E-state index in [0.29, 0.717) is 23.4 Å². The molecule has 1 saturated carbocycles. The maximum Gasteiger partial charge on any atom is 0.339 e. The fraction of sp³-hybridized carbons (Fsp3) is 0.464. The van der Waals surface area contributed by atoms with Gasteiger partial charge in [-0.1, -0.05) is 55.3 Å². The van der Waals surface area contributed by atoms with Crippen molar-refractivity contribution >= 4 is 39.5 Å². The van der Waals surface area contributed by atoms with Gasteiger partial charge in [0.15, 0.2) is 6.61 Å². The average Bonchev–Trinajstić information content (AvgIpc) is 2.80. The predicted octanol–water partition coefficient (Wildman–Crippen LogP) is 6.48. The third-order valence-electron chi connectivity index (χ3n) is 6.70. The Morgan fingerprint density at radius 2 is 1.69 bits per heavy atom. The number of nitrogens with one attached hydrogen (secondary N) is 1. The first-order chi connectivity index (χ1) is 16.6. The number of amides is 1. The van der Waals surface area contributed by atoms with Crippen molar-refractivity contribution < 1.29 is 23.9 Å². The molecule has 0 unspecified atom stereocenters. The smallest absolute Gasteiger partial charge is 0.339 e. The minimum Gasteiger partial charge on any atom is -0.458 e. The van der Waals surface area contributed by atoms with E-state index in [4.69, 9.17) is 9.47 Å². The molecule has 0 bridgehead atoms. The summed E-state index contributed by atoms with van der Waals surface area (Å²) in [6.45, 7) is 9.80. The lowest BCUT2D eigenvalue weighted by Crippen LogP contribution is -2.36. The number of ether oxygens (including phenoxy) is 2. The lowest BCUT2D eigenvalue weighted by atomic mass is 9.75. The van der Waals surface area contributed by atoms with Crippen LogP contribution in [0.15, 0.2) is 40.9 Å². The van der Waals surface area contributed by atoms with Crippen LogP contribution in [-0.4, -0.2) is 30.6 Å². The van der Waals surface area contributed by atoms with E-state index in [0.717, 1.165) is 34.9 Å². The summed E-state index contributed by atoms with van der Waals surface area (Å²) in [6.07, 6.45) is 2.78. The molecule has 35 heavy (non-hydrogen) atoms. The number of carbonyl (C=O) groups is 3. The third kappa shape index (κ3) is 6.94. The van der Waals surface area contributed by atoms with Gasteiger partial charge < -0.3 is 14.8 Å². The van der Waals surface area contributed by atoms with Crippen LogP contribution in [0, 0.1) is 31.6 Å². The quantitative estimate of drug-likeness (QED) is 0.404. The van der Waals surface area contributed by atoms with Crippen LogP contribution in [0.5, 0.6) is 0 Å². The molecule has 1 aliphatic carbocycles.